The van der Waals surface area contributed by atoms with Crippen molar-refractivity contribution >= 4 is 54.7 Å². The minimum absolute atomic E-state index is 0.0530. The Labute approximate surface area is 192 Å². The van der Waals surface area contributed by atoms with Gasteiger partial charge in [-0.3, -0.25) is 0 Å². The molecule has 9 heteroatoms. The summed E-state index contributed by atoms with van der Waals surface area (Å²) in [5.41, 5.74) is 0.770. The number of fused-ring (bicyclic) bond motifs is 1. The molecule has 0 aliphatic rings. The summed E-state index contributed by atoms with van der Waals surface area (Å²) >= 11 is 5.47. The lowest BCUT2D eigenvalue weighted by atomic mass is 10.1. The van der Waals surface area contributed by atoms with Crippen LogP contribution in [-0.4, -0.2) is 37.4 Å². The lowest BCUT2D eigenvalue weighted by molar-refractivity contribution is 0.217. The van der Waals surface area contributed by atoms with Gasteiger partial charge in [-0.05, 0) is 41.1 Å². The molecule has 0 saturated heterocycles. The molecule has 0 bridgehead atoms. The highest BCUT2D eigenvalue weighted by atomic mass is 35.5. The van der Waals surface area contributed by atoms with Crippen molar-refractivity contribution in [3.05, 3.63) is 71.8 Å². The summed E-state index contributed by atoms with van der Waals surface area (Å²) in [4.78, 5) is 4.50. The normalized spacial score (nSPS) is 12.9. The summed E-state index contributed by atoms with van der Waals surface area (Å²) in [7, 11) is -2.47. The van der Waals surface area contributed by atoms with E-state index in [0.29, 0.717) is 10.0 Å². The predicted molar refractivity (Wildman–Crippen MR) is 125 cm³/mol. The van der Waals surface area contributed by atoms with Crippen LogP contribution in [0.3, 0.4) is 0 Å². The highest BCUT2D eigenvalue weighted by Gasteiger charge is 2.33. The lowest BCUT2D eigenvalue weighted by Crippen LogP contribution is -2.14. The molecule has 0 saturated carbocycles. The van der Waals surface area contributed by atoms with Crippen molar-refractivity contribution in [1.29, 1.82) is 0 Å². The number of aromatic nitrogens is 1. The Hall–Kier alpha value is -1.94. The van der Waals surface area contributed by atoms with Gasteiger partial charge in [-0.2, -0.15) is 0 Å². The van der Waals surface area contributed by atoms with Gasteiger partial charge in [-0.1, -0.05) is 59.3 Å². The number of nitrogens with zero attached hydrogens (tertiary/aromatic N) is 1. The van der Waals surface area contributed by atoms with Crippen LogP contribution in [0, 0.1) is 0 Å². The van der Waals surface area contributed by atoms with E-state index < -0.39 is 21.0 Å². The zero-order valence-electron chi connectivity index (χ0n) is 16.4. The van der Waals surface area contributed by atoms with E-state index in [9.17, 15) is 13.0 Å². The van der Waals surface area contributed by atoms with Crippen LogP contribution < -0.4 is 0 Å². The molecule has 31 heavy (non-hydrogen) atoms. The number of hydrogen-bond donors (Lipinski definition) is 0. The maximum Gasteiger partial charge on any atom is 0.246 e. The molecule has 0 aliphatic carbocycles. The molecule has 1 unspecified atom stereocenters. The van der Waals surface area contributed by atoms with E-state index in [0.717, 1.165) is 27.7 Å². The first-order valence-corrected chi connectivity index (χ1v) is 13.3. The lowest BCUT2D eigenvalue weighted by Gasteiger charge is -2.09. The zero-order chi connectivity index (χ0) is 22.0. The number of halogens is 1. The molecule has 0 amide bonds. The van der Waals surface area contributed by atoms with Gasteiger partial charge in [0.05, 0.1) is 11.5 Å². The minimum atomic E-state index is -3.98. The van der Waals surface area contributed by atoms with Crippen LogP contribution in [0.25, 0.3) is 21.3 Å². The summed E-state index contributed by atoms with van der Waals surface area (Å²) in [5.74, 6) is 0.180. The maximum absolute atomic E-state index is 13.3. The number of thiazole rings is 1. The van der Waals surface area contributed by atoms with Gasteiger partial charge in [-0.15, -0.1) is 0 Å². The largest absolute Gasteiger partial charge is 0.611 e. The van der Waals surface area contributed by atoms with Crippen LogP contribution in [-0.2, 0) is 25.7 Å². The SMILES string of the molecule is COCC[S+]([O-])c1sc(-c2ccc3ccccc3c2)nc1S(=O)(=O)c1ccc(Cl)cc1. The molecule has 3 aromatic carbocycles. The molecule has 0 N–H and O–H groups in total. The summed E-state index contributed by atoms with van der Waals surface area (Å²) in [6.45, 7) is 0.246. The second-order valence-electron chi connectivity index (χ2n) is 6.67. The van der Waals surface area contributed by atoms with Crippen molar-refractivity contribution in [3.8, 4) is 10.6 Å². The Morgan fingerprint density at radius 1 is 1.06 bits per heavy atom. The van der Waals surface area contributed by atoms with Crippen molar-refractivity contribution < 1.29 is 17.7 Å². The smallest absolute Gasteiger partial charge is 0.246 e. The Kier molecular flexibility index (Phi) is 6.66. The van der Waals surface area contributed by atoms with E-state index in [1.54, 1.807) is 0 Å². The van der Waals surface area contributed by atoms with E-state index in [-0.39, 0.29) is 26.5 Å². The van der Waals surface area contributed by atoms with E-state index in [4.69, 9.17) is 16.3 Å². The zero-order valence-corrected chi connectivity index (χ0v) is 19.7. The summed E-state index contributed by atoms with van der Waals surface area (Å²) < 4.78 is 44.8. The van der Waals surface area contributed by atoms with E-state index >= 15 is 0 Å². The summed E-state index contributed by atoms with van der Waals surface area (Å²) in [6.07, 6.45) is 0. The van der Waals surface area contributed by atoms with E-state index in [2.05, 4.69) is 4.98 Å². The van der Waals surface area contributed by atoms with Crippen LogP contribution in [0.15, 0.2) is 80.9 Å². The third-order valence-electron chi connectivity index (χ3n) is 4.62. The Morgan fingerprint density at radius 2 is 1.77 bits per heavy atom. The molecule has 4 rings (SSSR count). The predicted octanol–water partition coefficient (Wildman–Crippen LogP) is 5.20. The molecule has 5 nitrogen and oxygen atoms in total. The molecule has 1 heterocycles. The number of ether oxygens (including phenoxy) is 1. The fourth-order valence-corrected chi connectivity index (χ4v) is 7.72. The number of benzene rings is 3. The molecule has 1 aromatic heterocycles. The molecule has 0 aliphatic heterocycles. The quantitative estimate of drug-likeness (QED) is 0.332. The van der Waals surface area contributed by atoms with E-state index in [1.807, 2.05) is 42.5 Å². The third kappa shape index (κ3) is 4.64. The Morgan fingerprint density at radius 3 is 2.48 bits per heavy atom. The van der Waals surface area contributed by atoms with E-state index in [1.165, 1.54) is 31.4 Å². The first-order chi connectivity index (χ1) is 14.9. The molecule has 0 fully saturated rings. The Balaban J connectivity index is 1.84. The van der Waals surface area contributed by atoms with Gasteiger partial charge < -0.3 is 9.29 Å². The van der Waals surface area contributed by atoms with Gasteiger partial charge in [-0.25, -0.2) is 13.4 Å². The molecular formula is C22H18ClNO4S3. The highest BCUT2D eigenvalue weighted by molar-refractivity contribution is 7.96. The topological polar surface area (TPSA) is 79.3 Å². The number of hydrogen-bond acceptors (Lipinski definition) is 6. The van der Waals surface area contributed by atoms with Crippen molar-refractivity contribution in [1.82, 2.24) is 4.98 Å². The third-order valence-corrected chi connectivity index (χ3v) is 9.68. The second kappa shape index (κ2) is 9.28. The number of methoxy groups -OCH3 is 1. The van der Waals surface area contributed by atoms with Crippen molar-refractivity contribution in [2.75, 3.05) is 19.5 Å². The summed E-state index contributed by atoms with van der Waals surface area (Å²) in [6, 6.07) is 19.5. The summed E-state index contributed by atoms with van der Waals surface area (Å²) in [5, 5.41) is 2.83. The minimum Gasteiger partial charge on any atom is -0.611 e. The molecule has 0 spiro atoms. The fourth-order valence-electron chi connectivity index (χ4n) is 3.03. The molecule has 4 aromatic rings. The van der Waals surface area contributed by atoms with Crippen LogP contribution in [0.1, 0.15) is 0 Å². The standard InChI is InChI=1S/C22H18ClNO4S3/c1-28-12-13-30(25)22-21(31(26,27)19-10-8-18(23)9-11-19)24-20(29-22)17-7-6-15-4-2-3-5-16(15)14-17/h2-11,14H,12-13H2,1H3. The van der Waals surface area contributed by atoms with Gasteiger partial charge in [0.2, 0.25) is 19.1 Å². The monoisotopic (exact) mass is 491 g/mol. The van der Waals surface area contributed by atoms with Gasteiger partial charge in [0.25, 0.3) is 0 Å². The molecular weight excluding hydrogens is 474 g/mol. The van der Waals surface area contributed by atoms with Gasteiger partial charge in [0.1, 0.15) is 10.8 Å². The van der Waals surface area contributed by atoms with Crippen LogP contribution >= 0.6 is 22.9 Å². The highest BCUT2D eigenvalue weighted by Crippen LogP contribution is 2.37. The number of sulfone groups is 1. The molecule has 0 radical (unpaired) electrons. The Bertz CT molecular complexity index is 1320. The average molecular weight is 492 g/mol. The van der Waals surface area contributed by atoms with Crippen LogP contribution in [0.2, 0.25) is 5.02 Å². The van der Waals surface area contributed by atoms with Crippen LogP contribution in [0.5, 0.6) is 0 Å². The molecule has 1 atom stereocenters. The maximum atomic E-state index is 13.3. The first-order valence-electron chi connectivity index (χ1n) is 9.28. The van der Waals surface area contributed by atoms with Gasteiger partial charge in [0, 0.05) is 28.9 Å². The van der Waals surface area contributed by atoms with Crippen molar-refractivity contribution in [3.63, 3.8) is 0 Å². The first kappa shape index (κ1) is 22.3. The fraction of sp³-hybridized carbons (Fsp3) is 0.136. The van der Waals surface area contributed by atoms with Crippen molar-refractivity contribution in [2.24, 2.45) is 0 Å². The van der Waals surface area contributed by atoms with Crippen molar-refractivity contribution in [2.45, 2.75) is 14.1 Å². The van der Waals surface area contributed by atoms with Crippen LogP contribution in [0.4, 0.5) is 0 Å². The number of rotatable bonds is 7. The molecule has 160 valence electrons. The van der Waals surface area contributed by atoms with Gasteiger partial charge >= 0.3 is 0 Å². The average Bonchev–Trinajstić information content (AvgIpc) is 3.24. The van der Waals surface area contributed by atoms with Gasteiger partial charge in [0.15, 0.2) is 0 Å². The second-order valence-corrected chi connectivity index (χ2v) is 11.7.